The molecule has 3 nitrogen and oxygen atoms in total. The van der Waals surface area contributed by atoms with E-state index in [2.05, 4.69) is 4.98 Å². The van der Waals surface area contributed by atoms with Crippen molar-refractivity contribution in [2.45, 2.75) is 6.92 Å². The first-order chi connectivity index (χ1) is 8.66. The van der Waals surface area contributed by atoms with Crippen LogP contribution in [-0.2, 0) is 0 Å². The second kappa shape index (κ2) is 6.71. The summed E-state index contributed by atoms with van der Waals surface area (Å²) in [4.78, 5) is 14.9. The number of ketones is 1. The Morgan fingerprint density at radius 1 is 1.21 bits per heavy atom. The number of nitrogens with two attached hydrogens (primary N) is 1. The summed E-state index contributed by atoms with van der Waals surface area (Å²) < 4.78 is 0. The van der Waals surface area contributed by atoms with Crippen molar-refractivity contribution in [3.63, 3.8) is 0 Å². The van der Waals surface area contributed by atoms with Crippen LogP contribution in [-0.4, -0.2) is 5.78 Å². The summed E-state index contributed by atoms with van der Waals surface area (Å²) >= 11 is 0. The van der Waals surface area contributed by atoms with Gasteiger partial charge in [0, 0.05) is 17.7 Å². The van der Waals surface area contributed by atoms with Crippen LogP contribution in [0.4, 0.5) is 5.69 Å². The molecule has 0 radical (unpaired) electrons. The van der Waals surface area contributed by atoms with Crippen LogP contribution < -0.4 is 23.1 Å². The van der Waals surface area contributed by atoms with Crippen LogP contribution in [0.1, 0.15) is 21.6 Å². The summed E-state index contributed by atoms with van der Waals surface area (Å²) in [5.41, 5.74) is 8.93. The number of hydrogen-bond acceptors (Lipinski definition) is 2. The van der Waals surface area contributed by atoms with Crippen molar-refractivity contribution < 1.29 is 22.2 Å². The van der Waals surface area contributed by atoms with Gasteiger partial charge < -0.3 is 18.1 Å². The van der Waals surface area contributed by atoms with Gasteiger partial charge in [-0.25, -0.2) is 4.98 Å². The van der Waals surface area contributed by atoms with Crippen LogP contribution in [0.15, 0.2) is 48.7 Å². The van der Waals surface area contributed by atoms with Gasteiger partial charge in [-0.1, -0.05) is 29.8 Å². The lowest BCUT2D eigenvalue weighted by Gasteiger charge is -1.96. The first kappa shape index (κ1) is 14.9. The van der Waals surface area contributed by atoms with Gasteiger partial charge >= 0.3 is 0 Å². The Labute approximate surface area is 118 Å². The number of aryl methyl sites for hydroxylation is 1. The molecular formula is C15H15ClN2O. The number of benzene rings is 1. The fraction of sp³-hybridized carbons (Fsp3) is 0.0667. The van der Waals surface area contributed by atoms with Crippen molar-refractivity contribution >= 4 is 17.5 Å². The van der Waals surface area contributed by atoms with Crippen LogP contribution in [0.25, 0.3) is 6.08 Å². The molecule has 1 aromatic carbocycles. The first-order valence-electron chi connectivity index (χ1n) is 5.72. The number of hydrogen-bond donors (Lipinski definition) is 1. The van der Waals surface area contributed by atoms with Crippen LogP contribution in [0.3, 0.4) is 0 Å². The minimum atomic E-state index is -0.0355. The number of anilines is 1. The maximum absolute atomic E-state index is 11.9. The van der Waals surface area contributed by atoms with Crippen molar-refractivity contribution in [2.24, 2.45) is 0 Å². The smallest absolute Gasteiger partial charge is 0.226 e. The van der Waals surface area contributed by atoms with Crippen LogP contribution in [0, 0.1) is 6.92 Å². The number of nitrogen functional groups attached to an aromatic ring is 1. The van der Waals surface area contributed by atoms with Crippen LogP contribution >= 0.6 is 0 Å². The van der Waals surface area contributed by atoms with Crippen LogP contribution in [0.5, 0.6) is 0 Å². The molecule has 0 spiro atoms. The van der Waals surface area contributed by atoms with Gasteiger partial charge in [-0.2, -0.15) is 0 Å². The normalized spacial score (nSPS) is 10.2. The molecule has 0 amide bonds. The van der Waals surface area contributed by atoms with Gasteiger partial charge in [-0.15, -0.1) is 0 Å². The molecule has 98 valence electrons. The molecular weight excluding hydrogens is 260 g/mol. The molecule has 0 unspecified atom stereocenters. The van der Waals surface area contributed by atoms with Gasteiger partial charge in [0.2, 0.25) is 5.69 Å². The van der Waals surface area contributed by atoms with E-state index >= 15 is 0 Å². The number of halogens is 1. The highest BCUT2D eigenvalue weighted by atomic mass is 35.5. The highest BCUT2D eigenvalue weighted by Crippen LogP contribution is 2.08. The molecule has 0 saturated carbocycles. The lowest BCUT2D eigenvalue weighted by Crippen LogP contribution is -3.00. The number of nitrogens with one attached hydrogen (secondary N) is 1. The molecule has 0 aliphatic heterocycles. The molecule has 0 aliphatic rings. The first-order valence-corrected chi connectivity index (χ1v) is 5.72. The predicted octanol–water partition coefficient (Wildman–Crippen LogP) is -0.709. The van der Waals surface area contributed by atoms with Gasteiger partial charge in [0.25, 0.3) is 0 Å². The van der Waals surface area contributed by atoms with Crippen molar-refractivity contribution in [1.29, 1.82) is 0 Å². The van der Waals surface area contributed by atoms with E-state index in [-0.39, 0.29) is 18.2 Å². The van der Waals surface area contributed by atoms with Gasteiger partial charge in [-0.3, -0.25) is 4.79 Å². The topological polar surface area (TPSA) is 57.2 Å². The van der Waals surface area contributed by atoms with Crippen molar-refractivity contribution in [1.82, 2.24) is 0 Å². The molecule has 19 heavy (non-hydrogen) atoms. The van der Waals surface area contributed by atoms with Gasteiger partial charge in [0.15, 0.2) is 12.0 Å². The Bertz CT molecular complexity index is 591. The summed E-state index contributed by atoms with van der Waals surface area (Å²) in [6.07, 6.45) is 4.98. The maximum Gasteiger partial charge on any atom is 0.226 e. The second-order valence-electron chi connectivity index (χ2n) is 4.10. The van der Waals surface area contributed by atoms with E-state index in [1.165, 1.54) is 6.08 Å². The zero-order valence-corrected chi connectivity index (χ0v) is 11.3. The number of allylic oxidation sites excluding steroid dienone is 1. The highest BCUT2D eigenvalue weighted by Gasteiger charge is 2.04. The second-order valence-corrected chi connectivity index (χ2v) is 4.10. The van der Waals surface area contributed by atoms with E-state index in [0.717, 1.165) is 11.3 Å². The Morgan fingerprint density at radius 3 is 2.53 bits per heavy atom. The SMILES string of the molecule is Cc1ccc(C(=O)/C=C/c2[nH+]cccc2N)cc1.[Cl-]. The Balaban J connectivity index is 0.00000180. The van der Waals surface area contributed by atoms with Crippen LogP contribution in [0.2, 0.25) is 0 Å². The van der Waals surface area contributed by atoms with E-state index in [1.54, 1.807) is 18.3 Å². The number of pyridine rings is 1. The molecule has 0 atom stereocenters. The monoisotopic (exact) mass is 274 g/mol. The third-order valence-electron chi connectivity index (χ3n) is 2.66. The van der Waals surface area contributed by atoms with Gasteiger partial charge in [0.05, 0.1) is 0 Å². The number of H-pyrrole nitrogens is 1. The molecule has 1 heterocycles. The third kappa shape index (κ3) is 3.93. The predicted molar refractivity (Wildman–Crippen MR) is 72.0 cm³/mol. The molecule has 0 aliphatic carbocycles. The number of carbonyl (C=O) groups excluding carboxylic acids is 1. The molecule has 0 fully saturated rings. The summed E-state index contributed by atoms with van der Waals surface area (Å²) in [6, 6.07) is 11.1. The fourth-order valence-corrected chi connectivity index (χ4v) is 1.58. The lowest BCUT2D eigenvalue weighted by molar-refractivity contribution is -0.379. The Hall–Kier alpha value is -2.13. The minimum absolute atomic E-state index is 0. The molecule has 0 bridgehead atoms. The minimum Gasteiger partial charge on any atom is -1.00 e. The van der Waals surface area contributed by atoms with E-state index < -0.39 is 0 Å². The van der Waals surface area contributed by atoms with Gasteiger partial charge in [-0.05, 0) is 19.1 Å². The number of aromatic amines is 1. The highest BCUT2D eigenvalue weighted by molar-refractivity contribution is 6.06. The van der Waals surface area contributed by atoms with E-state index in [1.807, 2.05) is 37.3 Å². The zero-order valence-electron chi connectivity index (χ0n) is 10.6. The molecule has 2 rings (SSSR count). The molecule has 0 saturated heterocycles. The molecule has 2 aromatic rings. The van der Waals surface area contributed by atoms with E-state index in [9.17, 15) is 4.79 Å². The maximum atomic E-state index is 11.9. The average molecular weight is 275 g/mol. The number of carbonyl (C=O) groups is 1. The van der Waals surface area contributed by atoms with Crippen molar-refractivity contribution in [3.05, 3.63) is 65.5 Å². The van der Waals surface area contributed by atoms with Crippen molar-refractivity contribution in [3.8, 4) is 0 Å². The molecule has 4 heteroatoms. The zero-order chi connectivity index (χ0) is 13.0. The van der Waals surface area contributed by atoms with Gasteiger partial charge in [0.1, 0.15) is 5.69 Å². The summed E-state index contributed by atoms with van der Waals surface area (Å²) in [7, 11) is 0. The molecule has 3 N–H and O–H groups in total. The largest absolute Gasteiger partial charge is 1.00 e. The Morgan fingerprint density at radius 2 is 1.89 bits per heavy atom. The summed E-state index contributed by atoms with van der Waals surface area (Å²) in [5, 5.41) is 0. The summed E-state index contributed by atoms with van der Waals surface area (Å²) in [5.74, 6) is -0.0355. The van der Waals surface area contributed by atoms with E-state index in [0.29, 0.717) is 11.3 Å². The number of aromatic nitrogens is 1. The Kier molecular flexibility index (Phi) is 5.27. The van der Waals surface area contributed by atoms with Crippen molar-refractivity contribution in [2.75, 3.05) is 5.73 Å². The van der Waals surface area contributed by atoms with E-state index in [4.69, 9.17) is 5.73 Å². The standard InChI is InChI=1S/C15H14N2O.ClH/c1-11-4-6-12(7-5-11)15(18)9-8-14-13(16)3-2-10-17-14;/h2-10H,16H2,1H3;1H/b9-8+;. The average Bonchev–Trinajstić information content (AvgIpc) is 2.38. The third-order valence-corrected chi connectivity index (χ3v) is 2.66. The lowest BCUT2D eigenvalue weighted by atomic mass is 10.1. The quantitative estimate of drug-likeness (QED) is 0.594. The fourth-order valence-electron chi connectivity index (χ4n) is 1.58. The molecule has 1 aromatic heterocycles. The summed E-state index contributed by atoms with van der Waals surface area (Å²) in [6.45, 7) is 1.99. The number of rotatable bonds is 3.